The second-order valence-electron chi connectivity index (χ2n) is 4.03. The summed E-state index contributed by atoms with van der Waals surface area (Å²) in [6, 6.07) is 3.51. The van der Waals surface area contributed by atoms with E-state index >= 15 is 0 Å². The van der Waals surface area contributed by atoms with E-state index < -0.39 is 11.8 Å². The van der Waals surface area contributed by atoms with Crippen molar-refractivity contribution < 1.29 is 19.1 Å². The van der Waals surface area contributed by atoms with Gasteiger partial charge in [-0.05, 0) is 24.5 Å². The van der Waals surface area contributed by atoms with Gasteiger partial charge in [0.25, 0.3) is 0 Å². The molecule has 2 rings (SSSR count). The highest BCUT2D eigenvalue weighted by Gasteiger charge is 2.36. The maximum absolute atomic E-state index is 10.9. The third-order valence-corrected chi connectivity index (χ3v) is 2.73. The van der Waals surface area contributed by atoms with E-state index in [0.29, 0.717) is 17.6 Å². The molecule has 0 saturated heterocycles. The number of carbonyl (C=O) groups excluding carboxylic acids is 1. The first-order valence-corrected chi connectivity index (χ1v) is 4.92. The lowest BCUT2D eigenvalue weighted by Gasteiger charge is -1.93. The Balaban J connectivity index is 2.01. The molecule has 1 fully saturated rings. The quantitative estimate of drug-likeness (QED) is 0.763. The molecule has 1 saturated carbocycles. The molecule has 1 N–H and O–H groups in total. The molecular formula is C11H12O4. The summed E-state index contributed by atoms with van der Waals surface area (Å²) in [5.41, 5.74) is 0. The van der Waals surface area contributed by atoms with Gasteiger partial charge in [0.15, 0.2) is 0 Å². The fourth-order valence-corrected chi connectivity index (χ4v) is 1.64. The maximum atomic E-state index is 10.9. The summed E-state index contributed by atoms with van der Waals surface area (Å²) in [6.45, 7) is 2.13. The van der Waals surface area contributed by atoms with Crippen LogP contribution in [0.5, 0.6) is 0 Å². The van der Waals surface area contributed by atoms with Gasteiger partial charge in [-0.1, -0.05) is 6.92 Å². The molecule has 0 spiro atoms. The smallest absolute Gasteiger partial charge is 0.372 e. The third-order valence-electron chi connectivity index (χ3n) is 2.73. The molecule has 4 heteroatoms. The zero-order valence-corrected chi connectivity index (χ0v) is 8.40. The summed E-state index contributed by atoms with van der Waals surface area (Å²) < 4.78 is 5.41. The van der Waals surface area contributed by atoms with Crippen LogP contribution < -0.4 is 0 Å². The lowest BCUT2D eigenvalue weighted by Crippen LogP contribution is -2.14. The highest BCUT2D eigenvalue weighted by Crippen LogP contribution is 2.47. The molecule has 80 valence electrons. The number of ketones is 1. The molecular weight excluding hydrogens is 196 g/mol. The van der Waals surface area contributed by atoms with Crippen molar-refractivity contribution in [2.45, 2.75) is 25.7 Å². The average Bonchev–Trinajstić information content (AvgIpc) is 2.73. The number of hydrogen-bond acceptors (Lipinski definition) is 3. The number of carbonyl (C=O) groups is 2. The number of rotatable bonds is 4. The second kappa shape index (κ2) is 3.53. The summed E-state index contributed by atoms with van der Waals surface area (Å²) >= 11 is 0. The highest BCUT2D eigenvalue weighted by atomic mass is 16.4. The van der Waals surface area contributed by atoms with Crippen molar-refractivity contribution in [3.05, 3.63) is 23.7 Å². The van der Waals surface area contributed by atoms with Crippen LogP contribution in [-0.2, 0) is 16.0 Å². The Morgan fingerprint density at radius 3 is 2.73 bits per heavy atom. The van der Waals surface area contributed by atoms with Gasteiger partial charge in [0, 0.05) is 5.92 Å². The number of carboxylic acids is 1. The van der Waals surface area contributed by atoms with E-state index in [-0.39, 0.29) is 6.42 Å². The number of hydrogen-bond donors (Lipinski definition) is 1. The van der Waals surface area contributed by atoms with Crippen molar-refractivity contribution >= 4 is 11.8 Å². The minimum absolute atomic E-state index is 0.156. The number of aliphatic carboxylic acids is 1. The van der Waals surface area contributed by atoms with Crippen LogP contribution in [0.4, 0.5) is 0 Å². The van der Waals surface area contributed by atoms with Crippen LogP contribution in [0.25, 0.3) is 0 Å². The van der Waals surface area contributed by atoms with E-state index in [9.17, 15) is 9.59 Å². The van der Waals surface area contributed by atoms with Crippen molar-refractivity contribution in [3.63, 3.8) is 0 Å². The van der Waals surface area contributed by atoms with Crippen LogP contribution in [0.1, 0.15) is 30.8 Å². The first kappa shape index (κ1) is 9.96. The molecule has 1 heterocycles. The Labute approximate surface area is 86.9 Å². The van der Waals surface area contributed by atoms with E-state index in [1.807, 2.05) is 6.07 Å². The lowest BCUT2D eigenvalue weighted by atomic mass is 10.2. The van der Waals surface area contributed by atoms with Crippen LogP contribution in [0, 0.1) is 5.92 Å². The summed E-state index contributed by atoms with van der Waals surface area (Å²) in [5, 5.41) is 8.42. The van der Waals surface area contributed by atoms with Crippen molar-refractivity contribution in [2.75, 3.05) is 0 Å². The molecule has 1 aromatic rings. The van der Waals surface area contributed by atoms with Gasteiger partial charge in [0.05, 0.1) is 6.42 Å². The van der Waals surface area contributed by atoms with Gasteiger partial charge in [0.1, 0.15) is 11.5 Å². The van der Waals surface area contributed by atoms with E-state index in [0.717, 1.165) is 12.2 Å². The Hall–Kier alpha value is -1.58. The van der Waals surface area contributed by atoms with Gasteiger partial charge in [-0.2, -0.15) is 0 Å². The van der Waals surface area contributed by atoms with E-state index in [2.05, 4.69) is 6.92 Å². The predicted octanol–water partition coefficient (Wildman–Crippen LogP) is 1.60. The molecule has 0 aromatic carbocycles. The molecule has 4 nitrogen and oxygen atoms in total. The fourth-order valence-electron chi connectivity index (χ4n) is 1.64. The summed E-state index contributed by atoms with van der Waals surface area (Å²) in [5.74, 6) is 0.164. The van der Waals surface area contributed by atoms with Crippen LogP contribution in [-0.4, -0.2) is 16.9 Å². The zero-order valence-electron chi connectivity index (χ0n) is 8.40. The van der Waals surface area contributed by atoms with Gasteiger partial charge in [-0.3, -0.25) is 4.79 Å². The number of furan rings is 1. The minimum atomic E-state index is -1.41. The second-order valence-corrected chi connectivity index (χ2v) is 4.03. The van der Waals surface area contributed by atoms with Crippen LogP contribution in [0.3, 0.4) is 0 Å². The first-order valence-electron chi connectivity index (χ1n) is 4.92. The van der Waals surface area contributed by atoms with Crippen LogP contribution >= 0.6 is 0 Å². The molecule has 2 atom stereocenters. The van der Waals surface area contributed by atoms with Gasteiger partial charge in [-0.15, -0.1) is 0 Å². The van der Waals surface area contributed by atoms with Crippen LogP contribution in [0.15, 0.2) is 16.5 Å². The maximum Gasteiger partial charge on any atom is 0.372 e. The highest BCUT2D eigenvalue weighted by molar-refractivity contribution is 6.33. The molecule has 0 aliphatic heterocycles. The average molecular weight is 208 g/mol. The zero-order chi connectivity index (χ0) is 11.0. The van der Waals surface area contributed by atoms with Crippen molar-refractivity contribution in [2.24, 2.45) is 5.92 Å². The molecule has 2 unspecified atom stereocenters. The third kappa shape index (κ3) is 2.09. The lowest BCUT2D eigenvalue weighted by molar-refractivity contribution is -0.148. The molecule has 0 bridgehead atoms. The molecule has 1 aliphatic rings. The monoisotopic (exact) mass is 208 g/mol. The summed E-state index contributed by atoms with van der Waals surface area (Å²) in [6.07, 6.45) is 0.955. The Morgan fingerprint density at radius 1 is 1.53 bits per heavy atom. The van der Waals surface area contributed by atoms with Gasteiger partial charge in [-0.25, -0.2) is 4.79 Å². The van der Waals surface area contributed by atoms with E-state index in [1.165, 1.54) is 0 Å². The largest absolute Gasteiger partial charge is 0.475 e. The Morgan fingerprint density at radius 2 is 2.20 bits per heavy atom. The SMILES string of the molecule is CC1CC1c1ccc(CC(=O)C(=O)O)o1. The molecule has 0 radical (unpaired) electrons. The van der Waals surface area contributed by atoms with E-state index in [1.54, 1.807) is 6.07 Å². The first-order chi connectivity index (χ1) is 7.08. The van der Waals surface area contributed by atoms with Crippen molar-refractivity contribution in [1.29, 1.82) is 0 Å². The number of Topliss-reactive ketones (excluding diaryl/α,β-unsaturated/α-hetero) is 1. The Kier molecular flexibility index (Phi) is 2.34. The van der Waals surface area contributed by atoms with Crippen LogP contribution in [0.2, 0.25) is 0 Å². The van der Waals surface area contributed by atoms with Gasteiger partial charge < -0.3 is 9.52 Å². The number of carboxylic acid groups (broad SMARTS) is 1. The fraction of sp³-hybridized carbons (Fsp3) is 0.455. The van der Waals surface area contributed by atoms with E-state index in [4.69, 9.17) is 9.52 Å². The van der Waals surface area contributed by atoms with Crippen molar-refractivity contribution in [1.82, 2.24) is 0 Å². The summed E-state index contributed by atoms with van der Waals surface area (Å²) in [7, 11) is 0. The normalized spacial score (nSPS) is 23.8. The molecule has 15 heavy (non-hydrogen) atoms. The topological polar surface area (TPSA) is 67.5 Å². The van der Waals surface area contributed by atoms with Crippen molar-refractivity contribution in [3.8, 4) is 0 Å². The predicted molar refractivity (Wildman–Crippen MR) is 51.6 cm³/mol. The summed E-state index contributed by atoms with van der Waals surface area (Å²) in [4.78, 5) is 21.2. The van der Waals surface area contributed by atoms with Gasteiger partial charge in [0.2, 0.25) is 5.78 Å². The van der Waals surface area contributed by atoms with Gasteiger partial charge >= 0.3 is 5.97 Å². The standard InChI is InChI=1S/C11H12O4/c1-6-4-8(6)10-3-2-7(15-10)5-9(12)11(13)14/h2-3,6,8H,4-5H2,1H3,(H,13,14). The Bertz CT molecular complexity index is 404. The molecule has 0 amide bonds. The minimum Gasteiger partial charge on any atom is -0.475 e. The molecule has 1 aromatic heterocycles. The molecule has 1 aliphatic carbocycles.